The summed E-state index contributed by atoms with van der Waals surface area (Å²) in [6.45, 7) is 13.3. The average molecular weight is 935 g/mol. The van der Waals surface area contributed by atoms with Gasteiger partial charge >= 0.3 is 11.8 Å². The smallest absolute Gasteiger partial charge is 0.312 e. The predicted octanol–water partition coefficient (Wildman–Crippen LogP) is 6.91. The maximum absolute atomic E-state index is 14.8. The number of carbonyl (C=O) groups is 3. The summed E-state index contributed by atoms with van der Waals surface area (Å²) in [5.41, 5.74) is -0.660. The number of aromatic nitrogens is 2. The van der Waals surface area contributed by atoms with Crippen LogP contribution in [-0.4, -0.2) is 100 Å². The Morgan fingerprint density at radius 2 is 1.74 bits per heavy atom. The second-order valence-electron chi connectivity index (χ2n) is 17.8. The Hall–Kier alpha value is -6.82. The summed E-state index contributed by atoms with van der Waals surface area (Å²) < 4.78 is 36.5. The maximum atomic E-state index is 14.8. The molecule has 2 aromatic heterocycles. The molecular formula is C51H58N4O13. The van der Waals surface area contributed by atoms with Gasteiger partial charge in [-0.15, -0.1) is 0 Å². The normalized spacial score (nSPS) is 27.6. The van der Waals surface area contributed by atoms with Crippen LogP contribution in [0.2, 0.25) is 0 Å². The van der Waals surface area contributed by atoms with Gasteiger partial charge in [-0.1, -0.05) is 52.0 Å². The van der Waals surface area contributed by atoms with Crippen molar-refractivity contribution in [2.24, 2.45) is 23.7 Å². The molecule has 9 atom stereocenters. The summed E-state index contributed by atoms with van der Waals surface area (Å²) in [6.07, 6.45) is 5.26. The minimum atomic E-state index is -2.06. The molecule has 4 heterocycles. The lowest BCUT2D eigenvalue weighted by atomic mass is 9.78. The Labute approximate surface area is 393 Å². The van der Waals surface area contributed by atoms with Crippen LogP contribution in [0.5, 0.6) is 17.2 Å². The first-order valence-corrected chi connectivity index (χ1v) is 22.4. The van der Waals surface area contributed by atoms with Gasteiger partial charge in [0.2, 0.25) is 0 Å². The van der Waals surface area contributed by atoms with E-state index in [-0.39, 0.29) is 62.2 Å². The van der Waals surface area contributed by atoms with Crippen molar-refractivity contribution in [3.05, 3.63) is 100 Å². The van der Waals surface area contributed by atoms with Crippen LogP contribution in [0, 0.1) is 30.6 Å². The molecule has 0 fully saturated rings. The van der Waals surface area contributed by atoms with Gasteiger partial charge < -0.3 is 53.6 Å². The molecular weight excluding hydrogens is 877 g/mol. The van der Waals surface area contributed by atoms with E-state index >= 15 is 0 Å². The number of hydrogen-bond donors (Lipinski definition) is 4. The van der Waals surface area contributed by atoms with Crippen molar-refractivity contribution in [1.82, 2.24) is 9.97 Å². The van der Waals surface area contributed by atoms with Gasteiger partial charge in [0.25, 0.3) is 11.7 Å². The molecule has 0 spiro atoms. The first-order chi connectivity index (χ1) is 32.3. The molecule has 0 saturated heterocycles. The van der Waals surface area contributed by atoms with Crippen molar-refractivity contribution in [2.45, 2.75) is 85.6 Å². The number of phenols is 1. The fourth-order valence-corrected chi connectivity index (χ4v) is 8.87. The molecule has 2 aliphatic rings. The Morgan fingerprint density at radius 1 is 0.985 bits per heavy atom. The molecule has 17 nitrogen and oxygen atoms in total. The molecule has 360 valence electrons. The molecule has 68 heavy (non-hydrogen) atoms. The lowest BCUT2D eigenvalue weighted by molar-refractivity contribution is -0.160. The number of aliphatic hydroxyl groups is 2. The molecule has 2 aliphatic heterocycles. The van der Waals surface area contributed by atoms with Crippen molar-refractivity contribution in [2.75, 3.05) is 37.5 Å². The van der Waals surface area contributed by atoms with E-state index < -0.39 is 82.7 Å². The number of phenolic OH excluding ortho intramolecular Hbond substituents is 1. The summed E-state index contributed by atoms with van der Waals surface area (Å²) in [5.74, 6) is -6.17. The Bertz CT molecular complexity index is 2910. The van der Waals surface area contributed by atoms with E-state index in [4.69, 9.17) is 33.1 Å². The number of Topliss-reactive ketones (excluding diaryl/α,β-unsaturated/α-hetero) is 1. The van der Waals surface area contributed by atoms with Crippen LogP contribution in [-0.2, 0) is 23.8 Å². The largest absolute Gasteiger partial charge is 0.505 e. The average Bonchev–Trinajstić information content (AvgIpc) is 3.59. The van der Waals surface area contributed by atoms with Crippen molar-refractivity contribution < 1.29 is 57.8 Å². The zero-order chi connectivity index (χ0) is 49.4. The Morgan fingerprint density at radius 3 is 2.43 bits per heavy atom. The Kier molecular flexibility index (Phi) is 14.3. The SMILES string of the molecule is CO[C@H]1/C=C/O[C@@]2(C)Oc3c(C)c(=O)c4c(O)c(c5oc6cc(OCCN(C)c7ccccn7)ccc6nc5c4c3C2=O)NC(=O)/C(C)=C\C=C\[C@H](C)[C@H](O)[C@@H](C)[C@@H](O)[C@@H](C)[C@H](OC(C)=O)[C@@H]1C. The number of carbonyl (C=O) groups excluding carboxylic acids is 3. The van der Waals surface area contributed by atoms with Gasteiger partial charge in [-0.2, -0.15) is 0 Å². The Balaban J connectivity index is 1.38. The van der Waals surface area contributed by atoms with Gasteiger partial charge in [0.05, 0.1) is 42.1 Å². The van der Waals surface area contributed by atoms with Crippen LogP contribution in [0.15, 0.2) is 87.9 Å². The highest BCUT2D eigenvalue weighted by Crippen LogP contribution is 2.48. The van der Waals surface area contributed by atoms with Crippen molar-refractivity contribution in [3.63, 3.8) is 0 Å². The summed E-state index contributed by atoms with van der Waals surface area (Å²) >= 11 is 0. The standard InChI is InChI=1S/C51H58N4O13/c1-25-14-13-15-26(2)50(62)54-41-45(60)38-37(40-48(41)67-35-24-32(17-18-33(35)53-40)64-23-21-55(9)36-16-11-12-20-52-36)39-47(30(6)44(38)59)68-51(8,49(39)61)65-22-19-34(63-10)27(3)46(66-31(7)56)29(5)43(58)28(4)42(25)57/h11-20,22,24-25,27-29,34,42-43,46,57-58,60H,21,23H2,1-10H3,(H,54,62)/b14-13+,22-19+,26-15-/t25-,27+,28+,29+,34-,42-,43+,46+,51-/m0/s1. The van der Waals surface area contributed by atoms with E-state index in [1.807, 2.05) is 30.1 Å². The number of benzene rings is 3. The molecule has 0 saturated carbocycles. The number of ketones is 1. The van der Waals surface area contributed by atoms with Crippen LogP contribution in [0.25, 0.3) is 33.0 Å². The summed E-state index contributed by atoms with van der Waals surface area (Å²) in [7, 11) is 3.33. The molecule has 4 bridgehead atoms. The molecule has 0 unspecified atom stereocenters. The maximum Gasteiger partial charge on any atom is 0.312 e. The lowest BCUT2D eigenvalue weighted by Crippen LogP contribution is -2.46. The predicted molar refractivity (Wildman–Crippen MR) is 255 cm³/mol. The van der Waals surface area contributed by atoms with Crippen molar-refractivity contribution in [3.8, 4) is 17.2 Å². The van der Waals surface area contributed by atoms with E-state index in [1.165, 1.54) is 53.2 Å². The van der Waals surface area contributed by atoms with Crippen molar-refractivity contribution >= 4 is 62.1 Å². The second kappa shape index (κ2) is 19.8. The number of aliphatic hydroxyl groups excluding tert-OH is 2. The minimum absolute atomic E-state index is 0.0188. The fraction of sp³-hybridized carbons (Fsp3) is 0.412. The zero-order valence-corrected chi connectivity index (χ0v) is 39.7. The van der Waals surface area contributed by atoms with Gasteiger partial charge in [-0.05, 0) is 44.2 Å². The third-order valence-electron chi connectivity index (χ3n) is 13.0. The number of amides is 1. The number of nitrogens with zero attached hydrogens (tertiary/aromatic N) is 3. The van der Waals surface area contributed by atoms with Crippen LogP contribution in [0.3, 0.4) is 0 Å². The lowest BCUT2D eigenvalue weighted by Gasteiger charge is -2.38. The number of nitrogens with one attached hydrogen (secondary N) is 1. The van der Waals surface area contributed by atoms with E-state index in [9.17, 15) is 34.5 Å². The third kappa shape index (κ3) is 9.37. The number of esters is 1. The van der Waals surface area contributed by atoms with Gasteiger partial charge in [-0.25, -0.2) is 9.97 Å². The van der Waals surface area contributed by atoms with E-state index in [0.29, 0.717) is 17.8 Å². The zero-order valence-electron chi connectivity index (χ0n) is 39.7. The summed E-state index contributed by atoms with van der Waals surface area (Å²) in [4.78, 5) is 66.8. The number of ether oxygens (including phenoxy) is 5. The molecule has 5 aromatic rings. The number of allylic oxidation sites excluding steroid dienone is 2. The molecule has 17 heteroatoms. The highest BCUT2D eigenvalue weighted by Gasteiger charge is 2.49. The van der Waals surface area contributed by atoms with Crippen LogP contribution in [0.1, 0.15) is 64.4 Å². The highest BCUT2D eigenvalue weighted by molar-refractivity contribution is 6.26. The molecule has 0 aliphatic carbocycles. The van der Waals surface area contributed by atoms with Crippen LogP contribution < -0.4 is 25.1 Å². The summed E-state index contributed by atoms with van der Waals surface area (Å²) in [6, 6.07) is 10.6. The molecule has 1 amide bonds. The minimum Gasteiger partial charge on any atom is -0.505 e. The van der Waals surface area contributed by atoms with Crippen LogP contribution >= 0.6 is 0 Å². The number of fused-ring (bicyclic) bond motifs is 2. The van der Waals surface area contributed by atoms with Gasteiger partial charge in [0.15, 0.2) is 22.3 Å². The molecule has 3 aromatic carbocycles. The molecule has 7 rings (SSSR count). The molecule has 0 radical (unpaired) electrons. The topological polar surface area (TPSA) is 229 Å². The monoisotopic (exact) mass is 934 g/mol. The quantitative estimate of drug-likeness (QED) is 0.0562. The summed E-state index contributed by atoms with van der Waals surface area (Å²) in [5, 5.41) is 37.5. The number of anilines is 2. The van der Waals surface area contributed by atoms with E-state index in [2.05, 4.69) is 10.3 Å². The number of rotatable bonds is 7. The van der Waals surface area contributed by atoms with Gasteiger partial charge in [0, 0.05) is 80.5 Å². The number of hydrogen-bond acceptors (Lipinski definition) is 16. The number of methoxy groups -OCH3 is 1. The first-order valence-electron chi connectivity index (χ1n) is 22.4. The van der Waals surface area contributed by atoms with E-state index in [0.717, 1.165) is 5.82 Å². The third-order valence-corrected chi connectivity index (χ3v) is 13.0. The van der Waals surface area contributed by atoms with Gasteiger partial charge in [0.1, 0.15) is 46.7 Å². The van der Waals surface area contributed by atoms with Crippen LogP contribution in [0.4, 0.5) is 11.5 Å². The number of aromatic hydroxyl groups is 1. The van der Waals surface area contributed by atoms with E-state index in [1.54, 1.807) is 64.2 Å². The molecule has 4 N–H and O–H groups in total. The first kappa shape index (κ1) is 49.1. The number of pyridine rings is 1. The number of likely N-dealkylation sites (N-methyl/N-ethyl adjacent to an activating group) is 1. The van der Waals surface area contributed by atoms with Crippen molar-refractivity contribution in [1.29, 1.82) is 0 Å². The fourth-order valence-electron chi connectivity index (χ4n) is 8.87. The second-order valence-corrected chi connectivity index (χ2v) is 17.8. The highest BCUT2D eigenvalue weighted by atomic mass is 16.7. The van der Waals surface area contributed by atoms with Gasteiger partial charge in [-0.3, -0.25) is 19.2 Å².